The number of anilines is 1. The minimum Gasteiger partial charge on any atom is -0.396 e. The summed E-state index contributed by atoms with van der Waals surface area (Å²) in [5.74, 6) is 0.373. The Balaban J connectivity index is 2.13. The van der Waals surface area contributed by atoms with Gasteiger partial charge < -0.3 is 10.0 Å². The molecule has 2 atom stereocenters. The van der Waals surface area contributed by atoms with Gasteiger partial charge in [0.1, 0.15) is 5.15 Å². The molecule has 1 aromatic heterocycles. The molecule has 1 aliphatic rings. The van der Waals surface area contributed by atoms with E-state index in [2.05, 4.69) is 16.8 Å². The van der Waals surface area contributed by atoms with Crippen LogP contribution in [0.1, 0.15) is 13.3 Å². The lowest BCUT2D eigenvalue weighted by atomic mass is 10.0. The van der Waals surface area contributed by atoms with E-state index in [0.29, 0.717) is 17.1 Å². The molecule has 0 radical (unpaired) electrons. The third-order valence-corrected chi connectivity index (χ3v) is 4.06. The monoisotopic (exact) mass is 232 g/mol. The average molecular weight is 233 g/mol. The van der Waals surface area contributed by atoms with Crippen molar-refractivity contribution in [2.45, 2.75) is 19.4 Å². The molecule has 1 N–H and O–H groups in total. The standard InChI is InChI=1S/C9H13ClN2OS/c1-6-7(4-13)2-3-12(6)9-11-8(10)5-14-9/h5-7,13H,2-4H2,1H3. The fraction of sp³-hybridized carbons (Fsp3) is 0.667. The molecule has 14 heavy (non-hydrogen) atoms. The first-order chi connectivity index (χ1) is 6.72. The Morgan fingerprint density at radius 1 is 1.79 bits per heavy atom. The third-order valence-electron chi connectivity index (χ3n) is 2.86. The van der Waals surface area contributed by atoms with Crippen molar-refractivity contribution >= 4 is 28.1 Å². The van der Waals surface area contributed by atoms with E-state index < -0.39 is 0 Å². The summed E-state index contributed by atoms with van der Waals surface area (Å²) in [6.07, 6.45) is 1.04. The SMILES string of the molecule is CC1C(CO)CCN1c1nc(Cl)cs1. The summed E-state index contributed by atoms with van der Waals surface area (Å²) in [6.45, 7) is 3.36. The summed E-state index contributed by atoms with van der Waals surface area (Å²) < 4.78 is 0. The first kappa shape index (κ1) is 10.2. The fourth-order valence-electron chi connectivity index (χ4n) is 1.90. The first-order valence-corrected chi connectivity index (χ1v) is 5.96. The van der Waals surface area contributed by atoms with E-state index in [1.165, 1.54) is 0 Å². The minimum atomic E-state index is 0.261. The Labute approximate surface area is 92.3 Å². The van der Waals surface area contributed by atoms with Crippen molar-refractivity contribution in [3.05, 3.63) is 10.5 Å². The fourth-order valence-corrected chi connectivity index (χ4v) is 2.96. The third kappa shape index (κ3) is 1.74. The predicted molar refractivity (Wildman–Crippen MR) is 59.1 cm³/mol. The Morgan fingerprint density at radius 3 is 3.07 bits per heavy atom. The molecule has 1 saturated heterocycles. The number of rotatable bonds is 2. The molecular formula is C9H13ClN2OS. The molecule has 3 nitrogen and oxygen atoms in total. The minimum absolute atomic E-state index is 0.261. The molecule has 1 aromatic rings. The van der Waals surface area contributed by atoms with Gasteiger partial charge in [0.2, 0.25) is 0 Å². The second kappa shape index (κ2) is 4.04. The first-order valence-electron chi connectivity index (χ1n) is 4.71. The molecule has 2 unspecified atom stereocenters. The predicted octanol–water partition coefficient (Wildman–Crippen LogP) is 2.00. The van der Waals surface area contributed by atoms with E-state index in [9.17, 15) is 0 Å². The lowest BCUT2D eigenvalue weighted by Crippen LogP contribution is -2.30. The lowest BCUT2D eigenvalue weighted by molar-refractivity contribution is 0.221. The van der Waals surface area contributed by atoms with Crippen LogP contribution in [-0.2, 0) is 0 Å². The molecule has 0 saturated carbocycles. The van der Waals surface area contributed by atoms with Gasteiger partial charge in [0.05, 0.1) is 0 Å². The highest BCUT2D eigenvalue weighted by Crippen LogP contribution is 2.32. The number of aliphatic hydroxyl groups is 1. The van der Waals surface area contributed by atoms with Crippen LogP contribution in [0.2, 0.25) is 5.15 Å². The largest absolute Gasteiger partial charge is 0.396 e. The number of halogens is 1. The van der Waals surface area contributed by atoms with Gasteiger partial charge in [0.15, 0.2) is 5.13 Å². The van der Waals surface area contributed by atoms with Crippen molar-refractivity contribution in [2.75, 3.05) is 18.1 Å². The van der Waals surface area contributed by atoms with Gasteiger partial charge >= 0.3 is 0 Å². The smallest absolute Gasteiger partial charge is 0.186 e. The van der Waals surface area contributed by atoms with Crippen molar-refractivity contribution in [3.8, 4) is 0 Å². The van der Waals surface area contributed by atoms with Crippen LogP contribution < -0.4 is 4.90 Å². The molecule has 0 aliphatic carbocycles. The number of aromatic nitrogens is 1. The average Bonchev–Trinajstić information content (AvgIpc) is 2.72. The Hall–Kier alpha value is -0.320. The quantitative estimate of drug-likeness (QED) is 0.848. The molecule has 2 rings (SSSR count). The zero-order valence-corrected chi connectivity index (χ0v) is 9.55. The van der Waals surface area contributed by atoms with Crippen LogP contribution in [0.15, 0.2) is 5.38 Å². The molecule has 0 spiro atoms. The summed E-state index contributed by atoms with van der Waals surface area (Å²) in [5.41, 5.74) is 0. The van der Waals surface area contributed by atoms with Crippen molar-refractivity contribution in [1.29, 1.82) is 0 Å². The molecule has 0 amide bonds. The summed E-state index contributed by atoms with van der Waals surface area (Å²) >= 11 is 7.34. The number of nitrogens with zero attached hydrogens (tertiary/aromatic N) is 2. The second-order valence-corrected chi connectivity index (χ2v) is 4.84. The van der Waals surface area contributed by atoms with Gasteiger partial charge in [0.25, 0.3) is 0 Å². The van der Waals surface area contributed by atoms with Crippen molar-refractivity contribution < 1.29 is 5.11 Å². The van der Waals surface area contributed by atoms with Crippen LogP contribution in [0.25, 0.3) is 0 Å². The highest BCUT2D eigenvalue weighted by Gasteiger charge is 2.31. The Bertz CT molecular complexity index is 318. The number of hydrogen-bond acceptors (Lipinski definition) is 4. The molecule has 5 heteroatoms. The summed E-state index contributed by atoms with van der Waals surface area (Å²) in [7, 11) is 0. The molecule has 78 valence electrons. The van der Waals surface area contributed by atoms with Crippen LogP contribution in [0.3, 0.4) is 0 Å². The van der Waals surface area contributed by atoms with Crippen molar-refractivity contribution in [1.82, 2.24) is 4.98 Å². The number of hydrogen-bond donors (Lipinski definition) is 1. The lowest BCUT2D eigenvalue weighted by Gasteiger charge is -2.22. The summed E-state index contributed by atoms with van der Waals surface area (Å²) in [4.78, 5) is 6.46. The highest BCUT2D eigenvalue weighted by molar-refractivity contribution is 7.14. The molecule has 1 aliphatic heterocycles. The molecule has 0 bridgehead atoms. The van der Waals surface area contributed by atoms with Crippen molar-refractivity contribution in [3.63, 3.8) is 0 Å². The second-order valence-electron chi connectivity index (χ2n) is 3.62. The molecule has 2 heterocycles. The Kier molecular flexibility index (Phi) is 2.95. The van der Waals surface area contributed by atoms with Crippen LogP contribution in [0.4, 0.5) is 5.13 Å². The van der Waals surface area contributed by atoms with Gasteiger partial charge in [-0.05, 0) is 13.3 Å². The molecule has 1 fully saturated rings. The van der Waals surface area contributed by atoms with Crippen LogP contribution in [0, 0.1) is 5.92 Å². The van der Waals surface area contributed by atoms with Gasteiger partial charge in [0, 0.05) is 30.5 Å². The molecule has 0 aromatic carbocycles. The highest BCUT2D eigenvalue weighted by atomic mass is 35.5. The van der Waals surface area contributed by atoms with E-state index in [1.54, 1.807) is 11.3 Å². The van der Waals surface area contributed by atoms with Crippen LogP contribution in [-0.4, -0.2) is 29.3 Å². The normalized spacial score (nSPS) is 27.2. The van der Waals surface area contributed by atoms with E-state index in [0.717, 1.165) is 18.1 Å². The van der Waals surface area contributed by atoms with Gasteiger partial charge in [-0.1, -0.05) is 11.6 Å². The van der Waals surface area contributed by atoms with E-state index in [1.807, 2.05) is 5.38 Å². The number of thiazole rings is 1. The van der Waals surface area contributed by atoms with E-state index >= 15 is 0 Å². The van der Waals surface area contributed by atoms with Gasteiger partial charge in [-0.3, -0.25) is 0 Å². The van der Waals surface area contributed by atoms with Crippen LogP contribution in [0.5, 0.6) is 0 Å². The topological polar surface area (TPSA) is 36.4 Å². The van der Waals surface area contributed by atoms with Gasteiger partial charge in [-0.2, -0.15) is 0 Å². The maximum absolute atomic E-state index is 9.14. The van der Waals surface area contributed by atoms with E-state index in [-0.39, 0.29) is 6.61 Å². The molecular weight excluding hydrogens is 220 g/mol. The summed E-state index contributed by atoms with van der Waals surface area (Å²) in [6, 6.07) is 0.363. The summed E-state index contributed by atoms with van der Waals surface area (Å²) in [5, 5.41) is 12.5. The van der Waals surface area contributed by atoms with Gasteiger partial charge in [-0.15, -0.1) is 11.3 Å². The number of aliphatic hydroxyl groups excluding tert-OH is 1. The zero-order chi connectivity index (χ0) is 10.1. The van der Waals surface area contributed by atoms with Gasteiger partial charge in [-0.25, -0.2) is 4.98 Å². The van der Waals surface area contributed by atoms with E-state index in [4.69, 9.17) is 16.7 Å². The van der Waals surface area contributed by atoms with Crippen LogP contribution >= 0.6 is 22.9 Å². The maximum atomic E-state index is 9.14. The van der Waals surface area contributed by atoms with Crippen molar-refractivity contribution in [2.24, 2.45) is 5.92 Å². The Morgan fingerprint density at radius 2 is 2.57 bits per heavy atom. The zero-order valence-electron chi connectivity index (χ0n) is 7.98. The maximum Gasteiger partial charge on any atom is 0.186 e.